The van der Waals surface area contributed by atoms with Crippen molar-refractivity contribution in [2.75, 3.05) is 5.75 Å². The highest BCUT2D eigenvalue weighted by Crippen LogP contribution is 2.39. The van der Waals surface area contributed by atoms with Crippen molar-refractivity contribution >= 4 is 15.6 Å². The molecule has 0 aromatic heterocycles. The Morgan fingerprint density at radius 1 is 1.25 bits per heavy atom. The van der Waals surface area contributed by atoms with Crippen LogP contribution < -0.4 is 0 Å². The summed E-state index contributed by atoms with van der Waals surface area (Å²) in [6.07, 6.45) is 3.17. The normalized spacial score (nSPS) is 27.5. The van der Waals surface area contributed by atoms with Crippen molar-refractivity contribution in [3.63, 3.8) is 0 Å². The maximum absolute atomic E-state index is 12.3. The molecule has 110 valence electrons. The number of Topliss-reactive ketones (excluding diaryl/α,β-unsaturated/α-hetero) is 1. The molecule has 0 amide bonds. The van der Waals surface area contributed by atoms with E-state index in [0.29, 0.717) is 11.3 Å². The smallest absolute Gasteiger partial charge is 0.178 e. The maximum atomic E-state index is 12.3. The molecule has 1 fully saturated rings. The summed E-state index contributed by atoms with van der Waals surface area (Å²) in [4.78, 5) is 12.7. The van der Waals surface area contributed by atoms with E-state index in [1.54, 1.807) is 30.3 Å². The van der Waals surface area contributed by atoms with Crippen molar-refractivity contribution in [3.05, 3.63) is 30.3 Å². The molecule has 4 heteroatoms. The van der Waals surface area contributed by atoms with Gasteiger partial charge in [-0.25, -0.2) is 8.42 Å². The molecule has 0 bridgehead atoms. The topological polar surface area (TPSA) is 51.2 Å². The van der Waals surface area contributed by atoms with E-state index in [2.05, 4.69) is 0 Å². The molecule has 1 aliphatic carbocycles. The first-order valence-corrected chi connectivity index (χ1v) is 8.82. The second kappa shape index (κ2) is 5.68. The van der Waals surface area contributed by atoms with Gasteiger partial charge in [0.2, 0.25) is 0 Å². The number of ketones is 1. The zero-order valence-electron chi connectivity index (χ0n) is 12.1. The molecule has 3 nitrogen and oxygen atoms in total. The summed E-state index contributed by atoms with van der Waals surface area (Å²) in [5.74, 6) is 0.339. The molecule has 0 spiro atoms. The predicted octanol–water partition coefficient (Wildman–Crippen LogP) is 3.25. The minimum atomic E-state index is -3.29. The SMILES string of the molecule is C[C@@H]1CCC[C@](C)(CCS(=O)(=O)c2ccccc2)C1=O. The van der Waals surface area contributed by atoms with Gasteiger partial charge in [-0.1, -0.05) is 38.5 Å². The molecule has 0 saturated heterocycles. The highest BCUT2D eigenvalue weighted by molar-refractivity contribution is 7.91. The predicted molar refractivity (Wildman–Crippen MR) is 79.2 cm³/mol. The number of sulfone groups is 1. The minimum Gasteiger partial charge on any atom is -0.299 e. The molecule has 1 aromatic carbocycles. The van der Waals surface area contributed by atoms with Crippen molar-refractivity contribution in [1.82, 2.24) is 0 Å². The lowest BCUT2D eigenvalue weighted by molar-refractivity contribution is -0.134. The van der Waals surface area contributed by atoms with E-state index in [-0.39, 0.29) is 17.5 Å². The van der Waals surface area contributed by atoms with Gasteiger partial charge < -0.3 is 0 Å². The molecule has 1 aromatic rings. The number of hydrogen-bond acceptors (Lipinski definition) is 3. The Balaban J connectivity index is 2.10. The van der Waals surface area contributed by atoms with E-state index in [1.165, 1.54) is 0 Å². The molecule has 20 heavy (non-hydrogen) atoms. The largest absolute Gasteiger partial charge is 0.299 e. The molecule has 0 heterocycles. The second-order valence-electron chi connectivity index (χ2n) is 6.10. The Morgan fingerprint density at radius 3 is 2.55 bits per heavy atom. The molecule has 1 aliphatic rings. The van der Waals surface area contributed by atoms with E-state index in [4.69, 9.17) is 0 Å². The average Bonchev–Trinajstić information content (AvgIpc) is 2.44. The van der Waals surface area contributed by atoms with Gasteiger partial charge in [0, 0.05) is 11.3 Å². The zero-order chi connectivity index (χ0) is 14.8. The summed E-state index contributed by atoms with van der Waals surface area (Å²) in [5, 5.41) is 0. The van der Waals surface area contributed by atoms with Gasteiger partial charge in [0.1, 0.15) is 5.78 Å². The lowest BCUT2D eigenvalue weighted by atomic mass is 9.69. The molecule has 2 rings (SSSR count). The van der Waals surface area contributed by atoms with Crippen LogP contribution in [0.1, 0.15) is 39.5 Å². The third-order valence-electron chi connectivity index (χ3n) is 4.43. The van der Waals surface area contributed by atoms with E-state index in [9.17, 15) is 13.2 Å². The van der Waals surface area contributed by atoms with Crippen LogP contribution in [0.5, 0.6) is 0 Å². The van der Waals surface area contributed by atoms with Crippen LogP contribution in [0.15, 0.2) is 35.2 Å². The van der Waals surface area contributed by atoms with Crippen LogP contribution in [0.2, 0.25) is 0 Å². The first kappa shape index (κ1) is 15.2. The summed E-state index contributed by atoms with van der Waals surface area (Å²) in [6, 6.07) is 8.48. The molecule has 0 unspecified atom stereocenters. The van der Waals surface area contributed by atoms with Gasteiger partial charge in [0.25, 0.3) is 0 Å². The highest BCUT2D eigenvalue weighted by Gasteiger charge is 2.39. The Hall–Kier alpha value is -1.16. The van der Waals surface area contributed by atoms with E-state index in [0.717, 1.165) is 19.3 Å². The van der Waals surface area contributed by atoms with Crippen molar-refractivity contribution in [2.45, 2.75) is 44.4 Å². The van der Waals surface area contributed by atoms with Gasteiger partial charge in [-0.3, -0.25) is 4.79 Å². The Labute approximate surface area is 121 Å². The van der Waals surface area contributed by atoms with Crippen LogP contribution in [-0.2, 0) is 14.6 Å². The molecular formula is C16H22O3S. The van der Waals surface area contributed by atoms with Crippen molar-refractivity contribution in [3.8, 4) is 0 Å². The van der Waals surface area contributed by atoms with Crippen molar-refractivity contribution in [2.24, 2.45) is 11.3 Å². The zero-order valence-corrected chi connectivity index (χ0v) is 12.9. The number of carbonyl (C=O) groups excluding carboxylic acids is 1. The van der Waals surface area contributed by atoms with Crippen molar-refractivity contribution in [1.29, 1.82) is 0 Å². The van der Waals surface area contributed by atoms with Crippen LogP contribution in [-0.4, -0.2) is 20.0 Å². The number of rotatable bonds is 4. The fourth-order valence-electron chi connectivity index (χ4n) is 3.00. The van der Waals surface area contributed by atoms with Gasteiger partial charge in [-0.05, 0) is 31.4 Å². The average molecular weight is 294 g/mol. The summed E-state index contributed by atoms with van der Waals surface area (Å²) >= 11 is 0. The summed E-state index contributed by atoms with van der Waals surface area (Å²) in [5.41, 5.74) is -0.473. The molecule has 1 saturated carbocycles. The Morgan fingerprint density at radius 2 is 1.90 bits per heavy atom. The van der Waals surface area contributed by atoms with Gasteiger partial charge >= 0.3 is 0 Å². The van der Waals surface area contributed by atoms with Crippen LogP contribution in [0.3, 0.4) is 0 Å². The van der Waals surface area contributed by atoms with E-state index in [1.807, 2.05) is 13.8 Å². The van der Waals surface area contributed by atoms with Crippen LogP contribution in [0.25, 0.3) is 0 Å². The minimum absolute atomic E-state index is 0.0476. The lowest BCUT2D eigenvalue weighted by Gasteiger charge is -2.35. The van der Waals surface area contributed by atoms with Gasteiger partial charge in [-0.15, -0.1) is 0 Å². The second-order valence-corrected chi connectivity index (χ2v) is 8.21. The van der Waals surface area contributed by atoms with Crippen LogP contribution in [0.4, 0.5) is 0 Å². The molecular weight excluding hydrogens is 272 g/mol. The monoisotopic (exact) mass is 294 g/mol. The number of benzene rings is 1. The third kappa shape index (κ3) is 3.11. The fraction of sp³-hybridized carbons (Fsp3) is 0.562. The maximum Gasteiger partial charge on any atom is 0.178 e. The Kier molecular flexibility index (Phi) is 4.33. The standard InChI is InChI=1S/C16H22O3S/c1-13-7-6-10-16(2,15(13)17)11-12-20(18,19)14-8-4-3-5-9-14/h3-5,8-9,13H,6-7,10-12H2,1-2H3/t13-,16-/m1/s1. The Bertz CT molecular complexity index is 577. The molecule has 0 radical (unpaired) electrons. The fourth-order valence-corrected chi connectivity index (χ4v) is 4.53. The van der Waals surface area contributed by atoms with Crippen molar-refractivity contribution < 1.29 is 13.2 Å². The summed E-state index contributed by atoms with van der Waals surface area (Å²) < 4.78 is 24.6. The van der Waals surface area contributed by atoms with E-state index < -0.39 is 15.3 Å². The third-order valence-corrected chi connectivity index (χ3v) is 6.17. The number of carbonyl (C=O) groups is 1. The van der Waals surface area contributed by atoms with Crippen LogP contribution in [0, 0.1) is 11.3 Å². The highest BCUT2D eigenvalue weighted by atomic mass is 32.2. The number of hydrogen-bond donors (Lipinski definition) is 0. The van der Waals surface area contributed by atoms with Crippen LogP contribution >= 0.6 is 0 Å². The first-order chi connectivity index (χ1) is 9.35. The van der Waals surface area contributed by atoms with E-state index >= 15 is 0 Å². The lowest BCUT2D eigenvalue weighted by Crippen LogP contribution is -2.37. The molecule has 0 N–H and O–H groups in total. The molecule has 0 aliphatic heterocycles. The van der Waals surface area contributed by atoms with Gasteiger partial charge in [0.15, 0.2) is 9.84 Å². The first-order valence-electron chi connectivity index (χ1n) is 7.17. The molecule has 2 atom stereocenters. The summed E-state index contributed by atoms with van der Waals surface area (Å²) in [7, 11) is -3.29. The summed E-state index contributed by atoms with van der Waals surface area (Å²) in [6.45, 7) is 3.87. The quantitative estimate of drug-likeness (QED) is 0.856. The van der Waals surface area contributed by atoms with Gasteiger partial charge in [-0.2, -0.15) is 0 Å². The van der Waals surface area contributed by atoms with Gasteiger partial charge in [0.05, 0.1) is 10.6 Å².